The highest BCUT2D eigenvalue weighted by molar-refractivity contribution is 7.99. The number of carbonyl (C=O) groups excluding carboxylic acids is 2. The summed E-state index contributed by atoms with van der Waals surface area (Å²) in [7, 11) is 1.30. The smallest absolute Gasteiger partial charge is 0.416 e. The van der Waals surface area contributed by atoms with E-state index in [1.54, 1.807) is 18.2 Å². The zero-order valence-electron chi connectivity index (χ0n) is 15.3. The van der Waals surface area contributed by atoms with Crippen molar-refractivity contribution in [2.45, 2.75) is 18.5 Å². The molecule has 0 unspecified atom stereocenters. The first-order chi connectivity index (χ1) is 13.7. The van der Waals surface area contributed by atoms with Crippen molar-refractivity contribution in [1.29, 1.82) is 0 Å². The van der Waals surface area contributed by atoms with E-state index in [0.717, 1.165) is 17.7 Å². The summed E-state index contributed by atoms with van der Waals surface area (Å²) >= 11 is 1.34. The number of nitrogens with one attached hydrogen (secondary N) is 2. The molecule has 0 radical (unpaired) electrons. The van der Waals surface area contributed by atoms with Gasteiger partial charge in [-0.3, -0.25) is 4.79 Å². The molecule has 0 atom stereocenters. The van der Waals surface area contributed by atoms with Crippen LogP contribution in [0, 0.1) is 5.82 Å². The maximum atomic E-state index is 13.1. The van der Waals surface area contributed by atoms with Gasteiger partial charge in [-0.05, 0) is 35.4 Å². The van der Waals surface area contributed by atoms with Crippen LogP contribution in [0.2, 0.25) is 0 Å². The second kappa shape index (κ2) is 10.1. The number of hydrogen-bond donors (Lipinski definition) is 2. The fraction of sp³-hybridized carbons (Fsp3) is 0.263. The lowest BCUT2D eigenvalue weighted by molar-refractivity contribution is -0.138. The SMILES string of the molecule is COC(=O)CSCc1cccc(NC(=O)NCc2ccc(F)cc2C(F)(F)F)c1. The number of ether oxygens (including phenoxy) is 1. The molecule has 2 amide bonds. The molecule has 0 aliphatic heterocycles. The van der Waals surface area contributed by atoms with Crippen LogP contribution >= 0.6 is 11.8 Å². The maximum absolute atomic E-state index is 13.1. The molecule has 0 saturated carbocycles. The quantitative estimate of drug-likeness (QED) is 0.499. The largest absolute Gasteiger partial charge is 0.468 e. The van der Waals surface area contributed by atoms with Crippen molar-refractivity contribution in [1.82, 2.24) is 5.32 Å². The van der Waals surface area contributed by atoms with Crippen molar-refractivity contribution >= 4 is 29.4 Å². The van der Waals surface area contributed by atoms with Gasteiger partial charge in [-0.25, -0.2) is 9.18 Å². The van der Waals surface area contributed by atoms with E-state index in [1.807, 2.05) is 6.07 Å². The van der Waals surface area contributed by atoms with Gasteiger partial charge in [0.1, 0.15) is 5.82 Å². The molecule has 0 aliphatic carbocycles. The van der Waals surface area contributed by atoms with Crippen molar-refractivity contribution in [3.8, 4) is 0 Å². The Morgan fingerprint density at radius 3 is 2.59 bits per heavy atom. The summed E-state index contributed by atoms with van der Waals surface area (Å²) in [5.74, 6) is -0.653. The molecule has 2 rings (SSSR count). The molecular weight excluding hydrogens is 412 g/mol. The number of methoxy groups -OCH3 is 1. The van der Waals surface area contributed by atoms with Crippen LogP contribution in [0.4, 0.5) is 28.0 Å². The van der Waals surface area contributed by atoms with E-state index in [2.05, 4.69) is 15.4 Å². The summed E-state index contributed by atoms with van der Waals surface area (Å²) in [6.07, 6.45) is -4.73. The van der Waals surface area contributed by atoms with Crippen LogP contribution in [0.1, 0.15) is 16.7 Å². The second-order valence-electron chi connectivity index (χ2n) is 5.88. The van der Waals surface area contributed by atoms with Gasteiger partial charge in [-0.2, -0.15) is 13.2 Å². The van der Waals surface area contributed by atoms with Crippen LogP contribution in [-0.4, -0.2) is 24.9 Å². The molecule has 5 nitrogen and oxygen atoms in total. The minimum absolute atomic E-state index is 0.188. The molecule has 2 N–H and O–H groups in total. The second-order valence-corrected chi connectivity index (χ2v) is 6.86. The number of halogens is 4. The number of thioether (sulfide) groups is 1. The van der Waals surface area contributed by atoms with E-state index >= 15 is 0 Å². The molecule has 2 aromatic carbocycles. The van der Waals surface area contributed by atoms with E-state index in [9.17, 15) is 27.2 Å². The van der Waals surface area contributed by atoms with Gasteiger partial charge in [0.05, 0.1) is 18.4 Å². The molecule has 156 valence electrons. The lowest BCUT2D eigenvalue weighted by Crippen LogP contribution is -2.29. The number of anilines is 1. The van der Waals surface area contributed by atoms with Gasteiger partial charge in [-0.15, -0.1) is 11.8 Å². The number of alkyl halides is 3. The third-order valence-corrected chi connectivity index (χ3v) is 4.70. The van der Waals surface area contributed by atoms with Gasteiger partial charge in [-0.1, -0.05) is 18.2 Å². The standard InChI is InChI=1S/C19H18F4N2O3S/c1-28-17(26)11-29-10-12-3-2-4-15(7-12)25-18(27)24-9-13-5-6-14(20)8-16(13)19(21,22)23/h2-8H,9-11H2,1H3,(H2,24,25,27). The van der Waals surface area contributed by atoms with Gasteiger partial charge in [0.15, 0.2) is 0 Å². The molecular formula is C19H18F4N2O3S. The summed E-state index contributed by atoms with van der Waals surface area (Å²) in [6.45, 7) is -0.421. The van der Waals surface area contributed by atoms with E-state index in [1.165, 1.54) is 18.9 Å². The van der Waals surface area contributed by atoms with Crippen molar-refractivity contribution in [2.75, 3.05) is 18.2 Å². The lowest BCUT2D eigenvalue weighted by Gasteiger charge is -2.14. The number of esters is 1. The summed E-state index contributed by atoms with van der Waals surface area (Å²) < 4.78 is 56.7. The van der Waals surface area contributed by atoms with E-state index in [-0.39, 0.29) is 17.3 Å². The van der Waals surface area contributed by atoms with Gasteiger partial charge < -0.3 is 15.4 Å². The van der Waals surface area contributed by atoms with E-state index in [4.69, 9.17) is 0 Å². The normalized spacial score (nSPS) is 11.1. The maximum Gasteiger partial charge on any atom is 0.416 e. The van der Waals surface area contributed by atoms with Gasteiger partial charge in [0.25, 0.3) is 0 Å². The first-order valence-corrected chi connectivity index (χ1v) is 9.48. The molecule has 0 fully saturated rings. The summed E-state index contributed by atoms with van der Waals surface area (Å²) in [4.78, 5) is 23.1. The molecule has 2 aromatic rings. The molecule has 0 aliphatic rings. The predicted octanol–water partition coefficient (Wildman–Crippen LogP) is 4.57. The number of hydrogen-bond acceptors (Lipinski definition) is 4. The zero-order valence-corrected chi connectivity index (χ0v) is 16.1. The summed E-state index contributed by atoms with van der Waals surface area (Å²) in [6, 6.07) is 8.38. The number of rotatable bonds is 7. The fourth-order valence-corrected chi connectivity index (χ4v) is 3.17. The van der Waals surface area contributed by atoms with Crippen LogP contribution in [0.15, 0.2) is 42.5 Å². The average molecular weight is 430 g/mol. The third-order valence-electron chi connectivity index (χ3n) is 3.72. The molecule has 29 heavy (non-hydrogen) atoms. The molecule has 0 aromatic heterocycles. The first-order valence-electron chi connectivity index (χ1n) is 8.33. The Hall–Kier alpha value is -2.75. The van der Waals surface area contributed by atoms with E-state index < -0.39 is 30.1 Å². The number of benzene rings is 2. The van der Waals surface area contributed by atoms with Crippen LogP contribution in [0.25, 0.3) is 0 Å². The van der Waals surface area contributed by atoms with Crippen LogP contribution in [0.5, 0.6) is 0 Å². The highest BCUT2D eigenvalue weighted by Gasteiger charge is 2.33. The Morgan fingerprint density at radius 2 is 1.90 bits per heavy atom. The fourth-order valence-electron chi connectivity index (χ4n) is 2.37. The lowest BCUT2D eigenvalue weighted by atomic mass is 10.1. The predicted molar refractivity (Wildman–Crippen MR) is 102 cm³/mol. The Balaban J connectivity index is 1.93. The zero-order chi connectivity index (χ0) is 21.4. The Morgan fingerprint density at radius 1 is 1.14 bits per heavy atom. The highest BCUT2D eigenvalue weighted by Crippen LogP contribution is 2.32. The van der Waals surface area contributed by atoms with Crippen molar-refractivity contribution in [3.63, 3.8) is 0 Å². The molecule has 0 bridgehead atoms. The van der Waals surface area contributed by atoms with Crippen molar-refractivity contribution in [2.24, 2.45) is 0 Å². The molecule has 0 saturated heterocycles. The summed E-state index contributed by atoms with van der Waals surface area (Å²) in [5.41, 5.74) is -0.104. The highest BCUT2D eigenvalue weighted by atomic mass is 32.2. The number of carbonyl (C=O) groups is 2. The Labute approximate surface area is 168 Å². The van der Waals surface area contributed by atoms with Crippen LogP contribution in [-0.2, 0) is 28.0 Å². The molecule has 0 spiro atoms. The monoisotopic (exact) mass is 430 g/mol. The average Bonchev–Trinajstić information content (AvgIpc) is 2.66. The minimum Gasteiger partial charge on any atom is -0.468 e. The van der Waals surface area contributed by atoms with Crippen molar-refractivity contribution in [3.05, 3.63) is 65.0 Å². The van der Waals surface area contributed by atoms with Gasteiger partial charge in [0.2, 0.25) is 0 Å². The van der Waals surface area contributed by atoms with Gasteiger partial charge in [0, 0.05) is 18.0 Å². The topological polar surface area (TPSA) is 67.4 Å². The molecule has 0 heterocycles. The van der Waals surface area contributed by atoms with Crippen LogP contribution < -0.4 is 10.6 Å². The minimum atomic E-state index is -4.73. The number of amides is 2. The van der Waals surface area contributed by atoms with Crippen LogP contribution in [0.3, 0.4) is 0 Å². The van der Waals surface area contributed by atoms with E-state index in [0.29, 0.717) is 17.5 Å². The Bertz CT molecular complexity index is 875. The summed E-state index contributed by atoms with van der Waals surface area (Å²) in [5, 5.41) is 4.85. The van der Waals surface area contributed by atoms with Crippen molar-refractivity contribution < 1.29 is 31.9 Å². The third kappa shape index (κ3) is 7.30. The molecule has 10 heteroatoms. The van der Waals surface area contributed by atoms with Gasteiger partial charge >= 0.3 is 18.2 Å². The first kappa shape index (κ1) is 22.5. The number of urea groups is 1. The Kier molecular flexibility index (Phi) is 7.89.